The first-order valence-electron chi connectivity index (χ1n) is 6.27. The lowest BCUT2D eigenvalue weighted by atomic mass is 10.1. The maximum Gasteiger partial charge on any atom is 0.238 e. The largest absolute Gasteiger partial charge is 0.327 e. The predicted octanol–water partition coefficient (Wildman–Crippen LogP) is 2.26. The average Bonchev–Trinajstić information content (AvgIpc) is 2.34. The van der Waals surface area contributed by atoms with Gasteiger partial charge in [0, 0.05) is 18.3 Å². The van der Waals surface area contributed by atoms with E-state index in [9.17, 15) is 9.18 Å². The summed E-state index contributed by atoms with van der Waals surface area (Å²) in [5, 5.41) is 2.70. The molecule has 0 bridgehead atoms. The number of carbonyl (C=O) groups is 1. The van der Waals surface area contributed by atoms with Gasteiger partial charge in [-0.25, -0.2) is 4.39 Å². The second kappa shape index (κ2) is 7.78. The molecule has 1 saturated heterocycles. The minimum atomic E-state index is -0.498. The van der Waals surface area contributed by atoms with Crippen LogP contribution in [0.15, 0.2) is 18.2 Å². The Kier molecular flexibility index (Phi) is 6.68. The van der Waals surface area contributed by atoms with Crippen LogP contribution in [0.1, 0.15) is 12.8 Å². The first-order chi connectivity index (χ1) is 9.04. The lowest BCUT2D eigenvalue weighted by Gasteiger charge is -2.29. The van der Waals surface area contributed by atoms with Gasteiger partial charge in [-0.2, -0.15) is 0 Å². The minimum Gasteiger partial charge on any atom is -0.327 e. The van der Waals surface area contributed by atoms with Crippen molar-refractivity contribution in [3.05, 3.63) is 29.0 Å². The molecule has 112 valence electrons. The highest BCUT2D eigenvalue weighted by Crippen LogP contribution is 2.19. The molecule has 1 heterocycles. The van der Waals surface area contributed by atoms with E-state index in [0.29, 0.717) is 12.2 Å². The van der Waals surface area contributed by atoms with Crippen molar-refractivity contribution >= 4 is 35.6 Å². The summed E-state index contributed by atoms with van der Waals surface area (Å²) in [6, 6.07) is 4.26. The van der Waals surface area contributed by atoms with E-state index >= 15 is 0 Å². The van der Waals surface area contributed by atoms with Gasteiger partial charge < -0.3 is 11.1 Å². The van der Waals surface area contributed by atoms with Crippen molar-refractivity contribution < 1.29 is 9.18 Å². The van der Waals surface area contributed by atoms with Crippen LogP contribution in [0.4, 0.5) is 10.1 Å². The van der Waals surface area contributed by atoms with Crippen molar-refractivity contribution in [1.82, 2.24) is 4.90 Å². The van der Waals surface area contributed by atoms with Crippen LogP contribution in [0.25, 0.3) is 0 Å². The summed E-state index contributed by atoms with van der Waals surface area (Å²) >= 11 is 5.66. The molecule has 4 nitrogen and oxygen atoms in total. The number of anilines is 1. The molecule has 1 aliphatic heterocycles. The van der Waals surface area contributed by atoms with E-state index in [0.717, 1.165) is 25.9 Å². The van der Waals surface area contributed by atoms with Gasteiger partial charge in [-0.1, -0.05) is 11.6 Å². The number of halogens is 3. The maximum atomic E-state index is 13.0. The minimum absolute atomic E-state index is 0. The third-order valence-electron chi connectivity index (χ3n) is 3.11. The standard InChI is InChI=1S/C13H17ClFN3O.ClH/c14-11-6-10(3-4-12(11)15)17-13(19)8-18-5-1-2-9(16)7-18;/h3-4,6,9H,1-2,5,7-8,16H2,(H,17,19);1H. The Morgan fingerprint density at radius 1 is 1.55 bits per heavy atom. The smallest absolute Gasteiger partial charge is 0.238 e. The number of nitrogens with one attached hydrogen (secondary N) is 1. The summed E-state index contributed by atoms with van der Waals surface area (Å²) in [6.45, 7) is 1.91. The number of nitrogens with two attached hydrogens (primary N) is 1. The van der Waals surface area contributed by atoms with Crippen LogP contribution in [0, 0.1) is 5.82 Å². The molecule has 0 aliphatic carbocycles. The highest BCUT2D eigenvalue weighted by Gasteiger charge is 2.18. The van der Waals surface area contributed by atoms with Gasteiger partial charge in [-0.3, -0.25) is 9.69 Å². The summed E-state index contributed by atoms with van der Waals surface area (Å²) in [5.41, 5.74) is 6.36. The van der Waals surface area contributed by atoms with E-state index in [1.54, 1.807) is 0 Å². The van der Waals surface area contributed by atoms with Crippen molar-refractivity contribution in [2.24, 2.45) is 5.73 Å². The summed E-state index contributed by atoms with van der Waals surface area (Å²) in [7, 11) is 0. The molecular weight excluding hydrogens is 304 g/mol. The van der Waals surface area contributed by atoms with Crippen molar-refractivity contribution in [1.29, 1.82) is 0 Å². The summed E-state index contributed by atoms with van der Waals surface area (Å²) in [4.78, 5) is 13.9. The van der Waals surface area contributed by atoms with Crippen molar-refractivity contribution in [3.63, 3.8) is 0 Å². The second-order valence-corrected chi connectivity index (χ2v) is 5.22. The van der Waals surface area contributed by atoms with E-state index in [1.165, 1.54) is 18.2 Å². The summed E-state index contributed by atoms with van der Waals surface area (Å²) in [6.07, 6.45) is 2.02. The molecule has 7 heteroatoms. The van der Waals surface area contributed by atoms with Crippen LogP contribution in [-0.2, 0) is 4.79 Å². The predicted molar refractivity (Wildman–Crippen MR) is 80.9 cm³/mol. The van der Waals surface area contributed by atoms with Crippen molar-refractivity contribution in [2.45, 2.75) is 18.9 Å². The Hall–Kier alpha value is -0.880. The molecule has 20 heavy (non-hydrogen) atoms. The molecule has 2 rings (SSSR count). The average molecular weight is 322 g/mol. The molecule has 1 unspecified atom stereocenters. The third kappa shape index (κ3) is 4.90. The number of nitrogens with zero attached hydrogens (tertiary/aromatic N) is 1. The highest BCUT2D eigenvalue weighted by molar-refractivity contribution is 6.31. The van der Waals surface area contributed by atoms with Crippen LogP contribution < -0.4 is 11.1 Å². The number of hydrogen-bond donors (Lipinski definition) is 2. The molecule has 1 amide bonds. The molecule has 0 aromatic heterocycles. The summed E-state index contributed by atoms with van der Waals surface area (Å²) < 4.78 is 13.0. The van der Waals surface area contributed by atoms with Crippen LogP contribution in [0.5, 0.6) is 0 Å². The Morgan fingerprint density at radius 3 is 2.95 bits per heavy atom. The first kappa shape index (κ1) is 17.2. The van der Waals surface area contributed by atoms with Gasteiger partial charge in [0.1, 0.15) is 5.82 Å². The number of amides is 1. The van der Waals surface area contributed by atoms with Crippen LogP contribution in [0.3, 0.4) is 0 Å². The van der Waals surface area contributed by atoms with Crippen molar-refractivity contribution in [2.75, 3.05) is 25.0 Å². The van der Waals surface area contributed by atoms with Crippen LogP contribution in [0.2, 0.25) is 5.02 Å². The Morgan fingerprint density at radius 2 is 2.30 bits per heavy atom. The normalized spacial score (nSPS) is 19.2. The fourth-order valence-electron chi connectivity index (χ4n) is 2.21. The second-order valence-electron chi connectivity index (χ2n) is 4.81. The molecule has 0 saturated carbocycles. The van der Waals surface area contributed by atoms with E-state index in [-0.39, 0.29) is 29.4 Å². The fraction of sp³-hybridized carbons (Fsp3) is 0.462. The van der Waals surface area contributed by atoms with Gasteiger partial charge in [0.2, 0.25) is 5.91 Å². The molecule has 1 aromatic rings. The zero-order valence-corrected chi connectivity index (χ0v) is 12.5. The zero-order chi connectivity index (χ0) is 13.8. The van der Waals surface area contributed by atoms with Crippen LogP contribution in [-0.4, -0.2) is 36.5 Å². The van der Waals surface area contributed by atoms with Crippen LogP contribution >= 0.6 is 24.0 Å². The summed E-state index contributed by atoms with van der Waals surface area (Å²) in [5.74, 6) is -0.640. The number of carbonyl (C=O) groups excluding carboxylic acids is 1. The number of piperidine rings is 1. The first-order valence-corrected chi connectivity index (χ1v) is 6.65. The van der Waals surface area contributed by atoms with Gasteiger partial charge >= 0.3 is 0 Å². The monoisotopic (exact) mass is 321 g/mol. The molecule has 0 spiro atoms. The van der Waals surface area contributed by atoms with E-state index in [2.05, 4.69) is 5.32 Å². The van der Waals surface area contributed by atoms with Crippen molar-refractivity contribution in [3.8, 4) is 0 Å². The number of benzene rings is 1. The number of likely N-dealkylation sites (tertiary alicyclic amines) is 1. The number of rotatable bonds is 3. The molecule has 1 aliphatic rings. The molecule has 0 radical (unpaired) electrons. The lowest BCUT2D eigenvalue weighted by Crippen LogP contribution is -2.45. The van der Waals surface area contributed by atoms with Gasteiger partial charge in [-0.05, 0) is 37.6 Å². The topological polar surface area (TPSA) is 58.4 Å². The lowest BCUT2D eigenvalue weighted by molar-refractivity contribution is -0.117. The quantitative estimate of drug-likeness (QED) is 0.897. The third-order valence-corrected chi connectivity index (χ3v) is 3.40. The molecular formula is C13H18Cl2FN3O. The SMILES string of the molecule is Cl.NC1CCCN(CC(=O)Nc2ccc(F)c(Cl)c2)C1. The van der Waals surface area contributed by atoms with E-state index < -0.39 is 5.82 Å². The van der Waals surface area contributed by atoms with E-state index in [4.69, 9.17) is 17.3 Å². The van der Waals surface area contributed by atoms with Gasteiger partial charge in [0.15, 0.2) is 0 Å². The molecule has 1 fully saturated rings. The number of hydrogen-bond acceptors (Lipinski definition) is 3. The fourth-order valence-corrected chi connectivity index (χ4v) is 2.39. The Labute approximate surface area is 128 Å². The molecule has 1 atom stereocenters. The maximum absolute atomic E-state index is 13.0. The molecule has 3 N–H and O–H groups in total. The molecule has 1 aromatic carbocycles. The Balaban J connectivity index is 0.00000200. The zero-order valence-electron chi connectivity index (χ0n) is 10.9. The van der Waals surface area contributed by atoms with Gasteiger partial charge in [0.05, 0.1) is 11.6 Å². The van der Waals surface area contributed by atoms with Gasteiger partial charge in [0.25, 0.3) is 0 Å². The Bertz CT molecular complexity index is 473. The van der Waals surface area contributed by atoms with E-state index in [1.807, 2.05) is 4.90 Å². The van der Waals surface area contributed by atoms with Gasteiger partial charge in [-0.15, -0.1) is 12.4 Å². The highest BCUT2D eigenvalue weighted by atomic mass is 35.5.